The van der Waals surface area contributed by atoms with E-state index in [0.29, 0.717) is 0 Å². The van der Waals surface area contributed by atoms with Gasteiger partial charge in [-0.1, -0.05) is 48.5 Å². The number of carboxylic acid groups (broad SMARTS) is 1. The van der Waals surface area contributed by atoms with Crippen LogP contribution < -0.4 is 16.0 Å². The maximum absolute atomic E-state index is 13.2. The molecule has 0 radical (unpaired) electrons. The van der Waals surface area contributed by atoms with Gasteiger partial charge in [-0.2, -0.15) is 0 Å². The summed E-state index contributed by atoms with van der Waals surface area (Å²) in [4.78, 5) is 61.2. The van der Waals surface area contributed by atoms with Gasteiger partial charge in [0, 0.05) is 6.07 Å². The molecule has 4 aromatic rings. The van der Waals surface area contributed by atoms with E-state index in [0.717, 1.165) is 0 Å². The van der Waals surface area contributed by atoms with Gasteiger partial charge in [0.2, 0.25) is 0 Å². The molecule has 0 aliphatic carbocycles. The summed E-state index contributed by atoms with van der Waals surface area (Å²) in [5.41, 5.74) is -0.260. The number of nitro benzene ring substituents is 1. The third kappa shape index (κ3) is 5.94. The predicted octanol–water partition coefficient (Wildman–Crippen LogP) is 5.05. The Labute approximate surface area is 221 Å². The van der Waals surface area contributed by atoms with Crippen molar-refractivity contribution in [1.29, 1.82) is 0 Å². The largest absolute Gasteiger partial charge is 0.478 e. The van der Waals surface area contributed by atoms with Gasteiger partial charge in [-0.05, 0) is 42.5 Å². The summed E-state index contributed by atoms with van der Waals surface area (Å²) in [5.74, 6) is -3.32. The SMILES string of the molecule is O=C(O)c1ccccc1NC(=O)c1ccccc1NC(=O)c1ccccc1NC(=O)c1ccccc1[N+](=O)[O-]. The summed E-state index contributed by atoms with van der Waals surface area (Å²) in [6.45, 7) is 0. The Kier molecular flexibility index (Phi) is 7.72. The Balaban J connectivity index is 1.57. The van der Waals surface area contributed by atoms with Crippen LogP contribution in [0.3, 0.4) is 0 Å². The van der Waals surface area contributed by atoms with Crippen LogP contribution in [0.25, 0.3) is 0 Å². The summed E-state index contributed by atoms with van der Waals surface area (Å²) >= 11 is 0. The number of amides is 3. The molecule has 194 valence electrons. The number of hydrogen-bond donors (Lipinski definition) is 4. The Morgan fingerprint density at radius 3 is 1.31 bits per heavy atom. The van der Waals surface area contributed by atoms with Gasteiger partial charge in [0.1, 0.15) is 5.56 Å². The van der Waals surface area contributed by atoms with Crippen LogP contribution in [0.5, 0.6) is 0 Å². The van der Waals surface area contributed by atoms with Gasteiger partial charge in [0.25, 0.3) is 23.4 Å². The van der Waals surface area contributed by atoms with Gasteiger partial charge in [0.05, 0.1) is 38.7 Å². The van der Waals surface area contributed by atoms with Gasteiger partial charge >= 0.3 is 5.97 Å². The van der Waals surface area contributed by atoms with Crippen molar-refractivity contribution in [3.63, 3.8) is 0 Å². The fraction of sp³-hybridized carbons (Fsp3) is 0. The average molecular weight is 524 g/mol. The van der Waals surface area contributed by atoms with Crippen molar-refractivity contribution in [2.45, 2.75) is 0 Å². The Morgan fingerprint density at radius 1 is 0.538 bits per heavy atom. The van der Waals surface area contributed by atoms with Crippen molar-refractivity contribution in [3.8, 4) is 0 Å². The first-order valence-electron chi connectivity index (χ1n) is 11.4. The van der Waals surface area contributed by atoms with Crippen LogP contribution in [0.1, 0.15) is 41.4 Å². The van der Waals surface area contributed by atoms with E-state index >= 15 is 0 Å². The number of carbonyl (C=O) groups excluding carboxylic acids is 3. The molecule has 4 aromatic carbocycles. The van der Waals surface area contributed by atoms with Gasteiger partial charge in [-0.15, -0.1) is 0 Å². The zero-order chi connectivity index (χ0) is 27.9. The molecule has 0 fully saturated rings. The molecule has 11 nitrogen and oxygen atoms in total. The number of anilines is 3. The van der Waals surface area contributed by atoms with E-state index in [1.165, 1.54) is 66.7 Å². The van der Waals surface area contributed by atoms with E-state index in [9.17, 15) is 34.4 Å². The van der Waals surface area contributed by atoms with Gasteiger partial charge in [0.15, 0.2) is 0 Å². The molecule has 11 heteroatoms. The number of hydrogen-bond acceptors (Lipinski definition) is 6. The van der Waals surface area contributed by atoms with Gasteiger partial charge < -0.3 is 21.1 Å². The fourth-order valence-electron chi connectivity index (χ4n) is 3.75. The van der Waals surface area contributed by atoms with Crippen molar-refractivity contribution >= 4 is 46.4 Å². The van der Waals surface area contributed by atoms with Crippen LogP contribution in [-0.4, -0.2) is 33.7 Å². The van der Waals surface area contributed by atoms with Crippen molar-refractivity contribution < 1.29 is 29.2 Å². The highest BCUT2D eigenvalue weighted by molar-refractivity contribution is 6.16. The molecule has 0 saturated carbocycles. The quantitative estimate of drug-likeness (QED) is 0.185. The summed E-state index contributed by atoms with van der Waals surface area (Å²) in [6.07, 6.45) is 0. The number of nitro groups is 1. The Morgan fingerprint density at radius 2 is 0.872 bits per heavy atom. The normalized spacial score (nSPS) is 10.3. The lowest BCUT2D eigenvalue weighted by atomic mass is 10.1. The average Bonchev–Trinajstić information content (AvgIpc) is 2.93. The third-order valence-corrected chi connectivity index (χ3v) is 5.59. The first kappa shape index (κ1) is 26.2. The van der Waals surface area contributed by atoms with E-state index in [1.807, 2.05) is 0 Å². The number of para-hydroxylation sites is 4. The smallest absolute Gasteiger partial charge is 0.337 e. The molecule has 3 amide bonds. The van der Waals surface area contributed by atoms with Gasteiger partial charge in [-0.25, -0.2) is 4.79 Å². The molecule has 39 heavy (non-hydrogen) atoms. The van der Waals surface area contributed by atoms with Crippen LogP contribution in [-0.2, 0) is 0 Å². The maximum Gasteiger partial charge on any atom is 0.337 e. The van der Waals surface area contributed by atoms with Crippen molar-refractivity contribution in [3.05, 3.63) is 129 Å². The molecule has 0 aromatic heterocycles. The summed E-state index contributed by atoms with van der Waals surface area (Å²) < 4.78 is 0. The minimum absolute atomic E-state index is 0.0378. The van der Waals surface area contributed by atoms with Crippen molar-refractivity contribution in [1.82, 2.24) is 0 Å². The van der Waals surface area contributed by atoms with Crippen LogP contribution >= 0.6 is 0 Å². The zero-order valence-corrected chi connectivity index (χ0v) is 20.1. The lowest BCUT2D eigenvalue weighted by Crippen LogP contribution is -2.21. The number of carbonyl (C=O) groups is 4. The van der Waals surface area contributed by atoms with Crippen molar-refractivity contribution in [2.24, 2.45) is 0 Å². The van der Waals surface area contributed by atoms with E-state index in [1.54, 1.807) is 30.3 Å². The molecule has 0 spiro atoms. The minimum Gasteiger partial charge on any atom is -0.478 e. The first-order chi connectivity index (χ1) is 18.8. The second-order valence-electron chi connectivity index (χ2n) is 8.08. The second kappa shape index (κ2) is 11.5. The Bertz CT molecular complexity index is 1620. The number of rotatable bonds is 8. The molecule has 0 saturated heterocycles. The fourth-order valence-corrected chi connectivity index (χ4v) is 3.75. The number of benzene rings is 4. The molecular formula is C28H20N4O7. The molecule has 0 aliphatic rings. The summed E-state index contributed by atoms with van der Waals surface area (Å²) in [5, 5.41) is 28.4. The molecule has 0 atom stereocenters. The molecule has 0 unspecified atom stereocenters. The maximum atomic E-state index is 13.2. The molecule has 0 bridgehead atoms. The second-order valence-corrected chi connectivity index (χ2v) is 8.08. The molecular weight excluding hydrogens is 504 g/mol. The zero-order valence-electron chi connectivity index (χ0n) is 20.1. The summed E-state index contributed by atoms with van der Waals surface area (Å²) in [6, 6.07) is 23.5. The highest BCUT2D eigenvalue weighted by Crippen LogP contribution is 2.24. The predicted molar refractivity (Wildman–Crippen MR) is 143 cm³/mol. The van der Waals surface area contributed by atoms with Crippen LogP contribution in [0.4, 0.5) is 22.7 Å². The summed E-state index contributed by atoms with van der Waals surface area (Å²) in [7, 11) is 0. The topological polar surface area (TPSA) is 168 Å². The van der Waals surface area contributed by atoms with E-state index in [-0.39, 0.29) is 45.0 Å². The minimum atomic E-state index is -1.22. The van der Waals surface area contributed by atoms with Crippen LogP contribution in [0.15, 0.2) is 97.1 Å². The number of nitrogens with zero attached hydrogens (tertiary/aromatic N) is 1. The van der Waals surface area contributed by atoms with E-state index in [2.05, 4.69) is 16.0 Å². The highest BCUT2D eigenvalue weighted by atomic mass is 16.6. The molecule has 0 aliphatic heterocycles. The number of carboxylic acids is 1. The molecule has 4 rings (SSSR count). The first-order valence-corrected chi connectivity index (χ1v) is 11.4. The van der Waals surface area contributed by atoms with Crippen molar-refractivity contribution in [2.75, 3.05) is 16.0 Å². The van der Waals surface area contributed by atoms with Gasteiger partial charge in [-0.3, -0.25) is 24.5 Å². The van der Waals surface area contributed by atoms with Crippen LogP contribution in [0.2, 0.25) is 0 Å². The number of nitrogens with one attached hydrogen (secondary N) is 3. The standard InChI is InChI=1S/C28H20N4O7/c33-25(18-10-2-6-14-22(18)30-27(35)20-12-4-8-16-24(20)32(38)39)29-21-13-5-1-9-17(21)26(34)31-23-15-7-3-11-19(23)28(36)37/h1-16H,(H,29,33)(H,30,35)(H,31,34)(H,36,37). The number of aromatic carboxylic acids is 1. The highest BCUT2D eigenvalue weighted by Gasteiger charge is 2.22. The lowest BCUT2D eigenvalue weighted by molar-refractivity contribution is -0.385. The third-order valence-electron chi connectivity index (χ3n) is 5.59. The monoisotopic (exact) mass is 524 g/mol. The molecule has 0 heterocycles. The Hall–Kier alpha value is -5.84. The molecule has 4 N–H and O–H groups in total. The van der Waals surface area contributed by atoms with Crippen LogP contribution in [0, 0.1) is 10.1 Å². The lowest BCUT2D eigenvalue weighted by Gasteiger charge is -2.14. The van der Waals surface area contributed by atoms with E-state index < -0.39 is 28.6 Å². The van der Waals surface area contributed by atoms with E-state index in [4.69, 9.17) is 0 Å².